The highest BCUT2D eigenvalue weighted by Gasteiger charge is 2.11. The lowest BCUT2D eigenvalue weighted by Crippen LogP contribution is -2.09. The van der Waals surface area contributed by atoms with Gasteiger partial charge in [0.15, 0.2) is 5.78 Å². The van der Waals surface area contributed by atoms with Crippen molar-refractivity contribution in [1.29, 1.82) is 0 Å². The molecule has 0 radical (unpaired) electrons. The van der Waals surface area contributed by atoms with E-state index in [1.54, 1.807) is 25.4 Å². The zero-order chi connectivity index (χ0) is 9.84. The van der Waals surface area contributed by atoms with E-state index in [-0.39, 0.29) is 11.7 Å². The third kappa shape index (κ3) is 2.28. The number of hydrogen-bond donors (Lipinski definition) is 0. The van der Waals surface area contributed by atoms with Gasteiger partial charge < -0.3 is 4.74 Å². The molecule has 0 aliphatic rings. The summed E-state index contributed by atoms with van der Waals surface area (Å²) in [6, 6.07) is 3.42. The largest absolute Gasteiger partial charge is 0.495 e. The van der Waals surface area contributed by atoms with E-state index in [1.165, 1.54) is 0 Å². The van der Waals surface area contributed by atoms with E-state index in [2.05, 4.69) is 4.98 Å². The summed E-state index contributed by atoms with van der Waals surface area (Å²) < 4.78 is 4.94. The van der Waals surface area contributed by atoms with E-state index < -0.39 is 0 Å². The Morgan fingerprint density at radius 1 is 1.46 bits per heavy atom. The Kier molecular flexibility index (Phi) is 3.01. The van der Waals surface area contributed by atoms with Crippen LogP contribution in [0.25, 0.3) is 0 Å². The Morgan fingerprint density at radius 2 is 2.15 bits per heavy atom. The maximum atomic E-state index is 11.4. The van der Waals surface area contributed by atoms with E-state index >= 15 is 0 Å². The number of pyridine rings is 1. The van der Waals surface area contributed by atoms with Gasteiger partial charge in [0.1, 0.15) is 11.4 Å². The Bertz CT molecular complexity index is 290. The minimum Gasteiger partial charge on any atom is -0.495 e. The third-order valence-corrected chi connectivity index (χ3v) is 1.75. The predicted octanol–water partition coefficient (Wildman–Crippen LogP) is 1.93. The van der Waals surface area contributed by atoms with Crippen LogP contribution in [0.1, 0.15) is 24.3 Å². The van der Waals surface area contributed by atoms with Crippen molar-refractivity contribution in [3.8, 4) is 5.75 Å². The van der Waals surface area contributed by atoms with Gasteiger partial charge in [-0.1, -0.05) is 13.8 Å². The lowest BCUT2D eigenvalue weighted by atomic mass is 10.1. The van der Waals surface area contributed by atoms with Crippen LogP contribution in [0, 0.1) is 5.92 Å². The van der Waals surface area contributed by atoms with Gasteiger partial charge in [-0.2, -0.15) is 0 Å². The molecular weight excluding hydrogens is 166 g/mol. The van der Waals surface area contributed by atoms with Crippen molar-refractivity contribution in [1.82, 2.24) is 4.98 Å². The van der Waals surface area contributed by atoms with E-state index in [1.807, 2.05) is 13.8 Å². The molecule has 0 amide bonds. The highest BCUT2D eigenvalue weighted by atomic mass is 16.5. The normalized spacial score (nSPS) is 10.2. The highest BCUT2D eigenvalue weighted by Crippen LogP contribution is 2.10. The first-order chi connectivity index (χ1) is 6.15. The fraction of sp³-hybridized carbons (Fsp3) is 0.400. The fourth-order valence-electron chi connectivity index (χ4n) is 0.943. The second-order valence-corrected chi connectivity index (χ2v) is 3.10. The average molecular weight is 179 g/mol. The number of nitrogens with zero attached hydrogens (tertiary/aromatic N) is 1. The van der Waals surface area contributed by atoms with E-state index in [0.29, 0.717) is 11.4 Å². The Labute approximate surface area is 77.8 Å². The van der Waals surface area contributed by atoms with Crippen molar-refractivity contribution in [3.05, 3.63) is 24.0 Å². The number of carbonyl (C=O) groups excluding carboxylic acids is 1. The smallest absolute Gasteiger partial charge is 0.183 e. The minimum atomic E-state index is -0.0131. The van der Waals surface area contributed by atoms with Crippen LogP contribution < -0.4 is 4.74 Å². The van der Waals surface area contributed by atoms with Crippen molar-refractivity contribution in [2.75, 3.05) is 7.11 Å². The summed E-state index contributed by atoms with van der Waals surface area (Å²) in [5, 5.41) is 0. The number of ketones is 1. The molecule has 0 bridgehead atoms. The maximum Gasteiger partial charge on any atom is 0.183 e. The number of ether oxygens (including phenoxy) is 1. The zero-order valence-electron chi connectivity index (χ0n) is 8.07. The Balaban J connectivity index is 2.86. The van der Waals surface area contributed by atoms with Gasteiger partial charge in [0.25, 0.3) is 0 Å². The standard InChI is InChI=1S/C10H13NO2/c1-7(2)10(12)9-5-4-8(13-3)6-11-9/h4-7H,1-3H3. The molecule has 70 valence electrons. The fourth-order valence-corrected chi connectivity index (χ4v) is 0.943. The molecule has 13 heavy (non-hydrogen) atoms. The van der Waals surface area contributed by atoms with Crippen LogP contribution in [-0.4, -0.2) is 17.9 Å². The second-order valence-electron chi connectivity index (χ2n) is 3.10. The van der Waals surface area contributed by atoms with Crippen LogP contribution in [0.5, 0.6) is 5.75 Å². The summed E-state index contributed by atoms with van der Waals surface area (Å²) in [6.07, 6.45) is 1.55. The first kappa shape index (κ1) is 9.71. The molecule has 0 atom stereocenters. The summed E-state index contributed by atoms with van der Waals surface area (Å²) in [7, 11) is 1.57. The van der Waals surface area contributed by atoms with Gasteiger partial charge in [-0.05, 0) is 12.1 Å². The number of hydrogen-bond acceptors (Lipinski definition) is 3. The summed E-state index contributed by atoms with van der Waals surface area (Å²) in [5.41, 5.74) is 0.496. The van der Waals surface area contributed by atoms with Gasteiger partial charge in [-0.15, -0.1) is 0 Å². The van der Waals surface area contributed by atoms with Gasteiger partial charge in [-0.3, -0.25) is 4.79 Å². The topological polar surface area (TPSA) is 39.2 Å². The van der Waals surface area contributed by atoms with Crippen LogP contribution in [0.15, 0.2) is 18.3 Å². The summed E-state index contributed by atoms with van der Waals surface area (Å²) in [4.78, 5) is 15.4. The SMILES string of the molecule is COc1ccc(C(=O)C(C)C)nc1. The molecule has 0 spiro atoms. The first-order valence-electron chi connectivity index (χ1n) is 4.19. The van der Waals surface area contributed by atoms with E-state index in [4.69, 9.17) is 4.74 Å². The molecule has 0 aliphatic carbocycles. The highest BCUT2D eigenvalue weighted by molar-refractivity contribution is 5.95. The average Bonchev–Trinajstić information content (AvgIpc) is 2.17. The van der Waals surface area contributed by atoms with E-state index in [0.717, 1.165) is 0 Å². The maximum absolute atomic E-state index is 11.4. The number of methoxy groups -OCH3 is 1. The quantitative estimate of drug-likeness (QED) is 0.665. The van der Waals surface area contributed by atoms with E-state index in [9.17, 15) is 4.79 Å². The Morgan fingerprint density at radius 3 is 2.54 bits per heavy atom. The van der Waals surface area contributed by atoms with Gasteiger partial charge in [0.05, 0.1) is 13.3 Å². The lowest BCUT2D eigenvalue weighted by molar-refractivity contribution is 0.0934. The molecular formula is C10H13NO2. The van der Waals surface area contributed by atoms with Gasteiger partial charge >= 0.3 is 0 Å². The summed E-state index contributed by atoms with van der Waals surface area (Å²) in [6.45, 7) is 3.71. The molecule has 3 nitrogen and oxygen atoms in total. The molecule has 0 saturated carbocycles. The van der Waals surface area contributed by atoms with Crippen LogP contribution in [0.3, 0.4) is 0 Å². The Hall–Kier alpha value is -1.38. The number of rotatable bonds is 3. The zero-order valence-corrected chi connectivity index (χ0v) is 8.07. The van der Waals surface area contributed by atoms with Gasteiger partial charge in [0.2, 0.25) is 0 Å². The van der Waals surface area contributed by atoms with Gasteiger partial charge in [0, 0.05) is 5.92 Å². The molecule has 0 saturated heterocycles. The van der Waals surface area contributed by atoms with Crippen molar-refractivity contribution in [3.63, 3.8) is 0 Å². The van der Waals surface area contributed by atoms with Crippen LogP contribution in [-0.2, 0) is 0 Å². The molecule has 0 fully saturated rings. The van der Waals surface area contributed by atoms with Crippen molar-refractivity contribution in [2.45, 2.75) is 13.8 Å². The number of Topliss-reactive ketones (excluding diaryl/α,β-unsaturated/α-hetero) is 1. The first-order valence-corrected chi connectivity index (χ1v) is 4.19. The predicted molar refractivity (Wildman–Crippen MR) is 50.0 cm³/mol. The van der Waals surface area contributed by atoms with Gasteiger partial charge in [-0.25, -0.2) is 4.98 Å². The van der Waals surface area contributed by atoms with Crippen molar-refractivity contribution < 1.29 is 9.53 Å². The van der Waals surface area contributed by atoms with Crippen LogP contribution in [0.2, 0.25) is 0 Å². The summed E-state index contributed by atoms with van der Waals surface area (Å²) >= 11 is 0. The molecule has 0 unspecified atom stereocenters. The van der Waals surface area contributed by atoms with Crippen LogP contribution >= 0.6 is 0 Å². The molecule has 3 heteroatoms. The minimum absolute atomic E-state index is 0.0131. The molecule has 0 aliphatic heterocycles. The molecule has 1 aromatic rings. The third-order valence-electron chi connectivity index (χ3n) is 1.75. The monoisotopic (exact) mass is 179 g/mol. The van der Waals surface area contributed by atoms with Crippen LogP contribution in [0.4, 0.5) is 0 Å². The molecule has 1 rings (SSSR count). The molecule has 1 heterocycles. The molecule has 0 aromatic carbocycles. The van der Waals surface area contributed by atoms with Crippen molar-refractivity contribution in [2.24, 2.45) is 5.92 Å². The molecule has 1 aromatic heterocycles. The molecule has 0 N–H and O–H groups in total. The second kappa shape index (κ2) is 4.03. The van der Waals surface area contributed by atoms with Crippen molar-refractivity contribution >= 4 is 5.78 Å². The summed E-state index contributed by atoms with van der Waals surface area (Å²) in [5.74, 6) is 0.712. The number of aromatic nitrogens is 1. The lowest BCUT2D eigenvalue weighted by Gasteiger charge is -2.03. The number of carbonyl (C=O) groups is 1.